The fourth-order valence-electron chi connectivity index (χ4n) is 3.89. The fraction of sp³-hybridized carbons (Fsp3) is 0.458. The summed E-state index contributed by atoms with van der Waals surface area (Å²) < 4.78 is 0. The second-order valence-electron chi connectivity index (χ2n) is 8.06. The highest BCUT2D eigenvalue weighted by Crippen LogP contribution is 2.27. The predicted molar refractivity (Wildman–Crippen MR) is 126 cm³/mol. The number of anilines is 1. The van der Waals surface area contributed by atoms with Crippen LogP contribution in [-0.2, 0) is 16.0 Å². The average molecular weight is 441 g/mol. The highest BCUT2D eigenvalue weighted by atomic mass is 32.2. The number of pyridine rings is 1. The molecule has 1 aromatic heterocycles. The molecule has 0 spiro atoms. The normalized spacial score (nSPS) is 16.0. The molecule has 0 radical (unpaired) electrons. The minimum Gasteiger partial charge on any atom is -0.342 e. The molecule has 6 nitrogen and oxygen atoms in total. The van der Waals surface area contributed by atoms with Crippen molar-refractivity contribution in [2.45, 2.75) is 49.3 Å². The van der Waals surface area contributed by atoms with Gasteiger partial charge in [-0.25, -0.2) is 0 Å². The Morgan fingerprint density at radius 1 is 1.19 bits per heavy atom. The number of benzene rings is 1. The molecule has 2 amide bonds. The van der Waals surface area contributed by atoms with Gasteiger partial charge in [0.25, 0.3) is 0 Å². The molecule has 1 aromatic carbocycles. The molecule has 0 bridgehead atoms. The van der Waals surface area contributed by atoms with E-state index < -0.39 is 0 Å². The molecule has 1 atom stereocenters. The van der Waals surface area contributed by atoms with Gasteiger partial charge in [-0.15, -0.1) is 11.8 Å². The number of nitrogens with zero attached hydrogens (tertiary/aromatic N) is 3. The van der Waals surface area contributed by atoms with Crippen molar-refractivity contribution in [1.29, 1.82) is 0 Å². The third-order valence-electron chi connectivity index (χ3n) is 5.70. The van der Waals surface area contributed by atoms with Crippen molar-refractivity contribution in [3.63, 3.8) is 0 Å². The molecule has 1 unspecified atom stereocenters. The van der Waals surface area contributed by atoms with Crippen molar-refractivity contribution < 1.29 is 9.59 Å². The maximum atomic E-state index is 13.0. The van der Waals surface area contributed by atoms with Gasteiger partial charge in [-0.3, -0.25) is 14.6 Å². The van der Waals surface area contributed by atoms with Gasteiger partial charge >= 0.3 is 0 Å². The number of thioether (sulfide) groups is 1. The van der Waals surface area contributed by atoms with Crippen molar-refractivity contribution in [2.24, 2.45) is 0 Å². The van der Waals surface area contributed by atoms with Gasteiger partial charge in [-0.05, 0) is 56.2 Å². The van der Waals surface area contributed by atoms with Crippen LogP contribution in [0.3, 0.4) is 0 Å². The van der Waals surface area contributed by atoms with Gasteiger partial charge in [-0.1, -0.05) is 6.07 Å². The Labute approximate surface area is 189 Å². The quantitative estimate of drug-likeness (QED) is 0.634. The Balaban J connectivity index is 1.43. The molecule has 0 aliphatic carbocycles. The SMILES string of the molecule is CC(=O)Nc1ccc(SC(C)C(=O)N(C)C2CCN(CCc3ccccn3)CC2)cc1. The van der Waals surface area contributed by atoms with Gasteiger partial charge in [0.05, 0.1) is 5.25 Å². The first-order valence-corrected chi connectivity index (χ1v) is 11.7. The zero-order valence-corrected chi connectivity index (χ0v) is 19.4. The van der Waals surface area contributed by atoms with Crippen LogP contribution in [0.5, 0.6) is 0 Å². The number of nitrogens with one attached hydrogen (secondary N) is 1. The summed E-state index contributed by atoms with van der Waals surface area (Å²) >= 11 is 1.56. The predicted octanol–water partition coefficient (Wildman–Crippen LogP) is 3.69. The molecule has 1 saturated heterocycles. The van der Waals surface area contributed by atoms with Crippen LogP contribution in [-0.4, -0.2) is 64.6 Å². The summed E-state index contributed by atoms with van der Waals surface area (Å²) in [6.45, 7) is 6.50. The van der Waals surface area contributed by atoms with Gasteiger partial charge in [0.2, 0.25) is 11.8 Å². The molecule has 1 N–H and O–H groups in total. The van der Waals surface area contributed by atoms with E-state index in [-0.39, 0.29) is 17.1 Å². The summed E-state index contributed by atoms with van der Waals surface area (Å²) in [5.41, 5.74) is 1.90. The summed E-state index contributed by atoms with van der Waals surface area (Å²) in [5.74, 6) is 0.0798. The number of carbonyl (C=O) groups is 2. The molecule has 3 rings (SSSR count). The van der Waals surface area contributed by atoms with Crippen LogP contribution in [0.25, 0.3) is 0 Å². The first-order valence-electron chi connectivity index (χ1n) is 10.9. The topological polar surface area (TPSA) is 65.5 Å². The maximum absolute atomic E-state index is 13.0. The Bertz CT molecular complexity index is 852. The summed E-state index contributed by atoms with van der Waals surface area (Å²) in [6, 6.07) is 14.0. The molecule has 2 heterocycles. The lowest BCUT2D eigenvalue weighted by Gasteiger charge is -2.37. The molecule has 31 heavy (non-hydrogen) atoms. The highest BCUT2D eigenvalue weighted by Gasteiger charge is 2.28. The van der Waals surface area contributed by atoms with Crippen LogP contribution < -0.4 is 5.32 Å². The smallest absolute Gasteiger partial charge is 0.235 e. The molecular formula is C24H32N4O2S. The Morgan fingerprint density at radius 2 is 1.90 bits per heavy atom. The highest BCUT2D eigenvalue weighted by molar-refractivity contribution is 8.00. The number of amides is 2. The van der Waals surface area contributed by atoms with E-state index in [4.69, 9.17) is 0 Å². The summed E-state index contributed by atoms with van der Waals surface area (Å²) in [7, 11) is 1.94. The second kappa shape index (κ2) is 11.3. The van der Waals surface area contributed by atoms with Crippen LogP contribution in [0, 0.1) is 0 Å². The van der Waals surface area contributed by atoms with E-state index in [0.717, 1.165) is 55.2 Å². The third kappa shape index (κ3) is 7.08. The van der Waals surface area contributed by atoms with Crippen LogP contribution in [0.1, 0.15) is 32.4 Å². The summed E-state index contributed by atoms with van der Waals surface area (Å²) in [4.78, 5) is 34.0. The lowest BCUT2D eigenvalue weighted by molar-refractivity contribution is -0.132. The van der Waals surface area contributed by atoms with Crippen molar-refractivity contribution in [3.05, 3.63) is 54.4 Å². The second-order valence-corrected chi connectivity index (χ2v) is 9.47. The number of piperidine rings is 1. The van der Waals surface area contributed by atoms with E-state index in [2.05, 4.69) is 21.3 Å². The largest absolute Gasteiger partial charge is 0.342 e. The Morgan fingerprint density at radius 3 is 2.52 bits per heavy atom. The fourth-order valence-corrected chi connectivity index (χ4v) is 4.86. The van der Waals surface area contributed by atoms with Crippen molar-refractivity contribution in [3.8, 4) is 0 Å². The minimum absolute atomic E-state index is 0.0895. The Hall–Kier alpha value is -2.38. The minimum atomic E-state index is -0.154. The van der Waals surface area contributed by atoms with E-state index in [1.54, 1.807) is 11.8 Å². The zero-order valence-electron chi connectivity index (χ0n) is 18.6. The first kappa shape index (κ1) is 23.3. The first-order chi connectivity index (χ1) is 14.9. The van der Waals surface area contributed by atoms with Crippen LogP contribution in [0.15, 0.2) is 53.6 Å². The Kier molecular flexibility index (Phi) is 8.49. The van der Waals surface area contributed by atoms with E-state index in [0.29, 0.717) is 6.04 Å². The standard InChI is InChI=1S/C24H32N4O2S/c1-18(31-23-9-7-21(8-10-23)26-19(2)29)24(30)27(3)22-12-16-28(17-13-22)15-11-20-6-4-5-14-25-20/h4-10,14,18,22H,11-13,15-17H2,1-3H3,(H,26,29). The molecule has 1 fully saturated rings. The summed E-state index contributed by atoms with van der Waals surface area (Å²) in [5, 5.41) is 2.61. The monoisotopic (exact) mass is 440 g/mol. The van der Waals surface area contributed by atoms with E-state index in [1.807, 2.05) is 61.5 Å². The lowest BCUT2D eigenvalue weighted by Crippen LogP contribution is -2.47. The van der Waals surface area contributed by atoms with Gasteiger partial charge in [0.1, 0.15) is 0 Å². The number of hydrogen-bond acceptors (Lipinski definition) is 5. The molecule has 166 valence electrons. The maximum Gasteiger partial charge on any atom is 0.235 e. The van der Waals surface area contributed by atoms with E-state index >= 15 is 0 Å². The average Bonchev–Trinajstić information content (AvgIpc) is 2.78. The molecule has 0 saturated carbocycles. The number of likely N-dealkylation sites (tertiary alicyclic amines) is 1. The number of carbonyl (C=O) groups excluding carboxylic acids is 2. The number of hydrogen-bond donors (Lipinski definition) is 1. The van der Waals surface area contributed by atoms with Crippen molar-refractivity contribution in [2.75, 3.05) is 32.0 Å². The van der Waals surface area contributed by atoms with Gasteiger partial charge in [0.15, 0.2) is 0 Å². The molecular weight excluding hydrogens is 408 g/mol. The van der Waals surface area contributed by atoms with E-state index in [9.17, 15) is 9.59 Å². The number of aromatic nitrogens is 1. The molecule has 7 heteroatoms. The van der Waals surface area contributed by atoms with Crippen molar-refractivity contribution in [1.82, 2.24) is 14.8 Å². The van der Waals surface area contributed by atoms with Crippen LogP contribution in [0.4, 0.5) is 5.69 Å². The van der Waals surface area contributed by atoms with Gasteiger partial charge < -0.3 is 15.1 Å². The number of rotatable bonds is 8. The molecule has 1 aliphatic rings. The van der Waals surface area contributed by atoms with Crippen LogP contribution in [0.2, 0.25) is 0 Å². The lowest BCUT2D eigenvalue weighted by atomic mass is 10.0. The van der Waals surface area contributed by atoms with Gasteiger partial charge in [-0.2, -0.15) is 0 Å². The molecule has 2 aromatic rings. The van der Waals surface area contributed by atoms with Crippen LogP contribution >= 0.6 is 11.8 Å². The van der Waals surface area contributed by atoms with Crippen molar-refractivity contribution >= 4 is 29.3 Å². The zero-order chi connectivity index (χ0) is 22.2. The third-order valence-corrected chi connectivity index (χ3v) is 6.80. The van der Waals surface area contributed by atoms with Gasteiger partial charge in [0, 0.05) is 68.5 Å². The summed E-state index contributed by atoms with van der Waals surface area (Å²) in [6.07, 6.45) is 4.83. The van der Waals surface area contributed by atoms with E-state index in [1.165, 1.54) is 6.92 Å². The molecule has 1 aliphatic heterocycles.